The molecule has 0 bridgehead atoms. The van der Waals surface area contributed by atoms with Crippen molar-refractivity contribution >= 4 is 33.2 Å². The van der Waals surface area contributed by atoms with E-state index in [2.05, 4.69) is 208 Å². The Morgan fingerprint density at radius 3 is 1.50 bits per heavy atom. The van der Waals surface area contributed by atoms with Crippen LogP contribution in [0.3, 0.4) is 0 Å². The Hall–Kier alpha value is -7.10. The second-order valence-electron chi connectivity index (χ2n) is 23.0. The van der Waals surface area contributed by atoms with E-state index in [-0.39, 0.29) is 33.6 Å². The first-order valence-electron chi connectivity index (χ1n) is 24.1. The minimum Gasteiger partial charge on any atom is -0.333 e. The van der Waals surface area contributed by atoms with Crippen molar-refractivity contribution in [3.8, 4) is 45.9 Å². The third-order valence-corrected chi connectivity index (χ3v) is 14.0. The number of allylic oxidation sites excluding steroid dienone is 2. The molecule has 10 rings (SSSR count). The van der Waals surface area contributed by atoms with Crippen LogP contribution in [-0.2, 0) is 16.2 Å². The topological polar surface area (TPSA) is 70.6 Å². The lowest BCUT2D eigenvalue weighted by atomic mass is 9.77. The third kappa shape index (κ3) is 7.82. The first-order valence-corrected chi connectivity index (χ1v) is 24.1. The van der Waals surface area contributed by atoms with Crippen LogP contribution in [0.5, 0.6) is 0 Å². The Labute approximate surface area is 402 Å². The van der Waals surface area contributed by atoms with E-state index in [4.69, 9.17) is 15.0 Å². The number of benzene rings is 6. The van der Waals surface area contributed by atoms with Crippen molar-refractivity contribution in [2.45, 2.75) is 111 Å². The monoisotopic (exact) mass is 891 g/mol. The first kappa shape index (κ1) is 44.7. The van der Waals surface area contributed by atoms with Gasteiger partial charge in [-0.1, -0.05) is 186 Å². The molecule has 68 heavy (non-hydrogen) atoms. The van der Waals surface area contributed by atoms with Crippen LogP contribution in [0.2, 0.25) is 0 Å². The molecular weight excluding hydrogens is 829 g/mol. The fraction of sp³-hybridized carbons (Fsp3) is 0.290. The summed E-state index contributed by atoms with van der Waals surface area (Å²) in [6.45, 7) is 27.3. The first-order chi connectivity index (χ1) is 32.2. The smallest absolute Gasteiger partial charge is 0.166 e. The summed E-state index contributed by atoms with van der Waals surface area (Å²) in [6.07, 6.45) is 7.16. The van der Waals surface area contributed by atoms with Crippen LogP contribution >= 0.6 is 0 Å². The van der Waals surface area contributed by atoms with Crippen molar-refractivity contribution < 1.29 is 0 Å². The van der Waals surface area contributed by atoms with Crippen LogP contribution in [0, 0.1) is 16.7 Å². The van der Waals surface area contributed by atoms with Crippen molar-refractivity contribution in [1.29, 1.82) is 5.26 Å². The molecule has 0 amide bonds. The number of nitrogens with zero attached hydrogens (tertiary/aromatic N) is 6. The Bertz CT molecular complexity index is 3260. The molecule has 6 nitrogen and oxygen atoms in total. The molecule has 340 valence electrons. The van der Waals surface area contributed by atoms with Crippen LogP contribution < -0.4 is 4.90 Å². The predicted octanol–water partition coefficient (Wildman–Crippen LogP) is 15.9. The van der Waals surface area contributed by atoms with E-state index in [1.807, 2.05) is 36.4 Å². The zero-order valence-corrected chi connectivity index (χ0v) is 41.7. The van der Waals surface area contributed by atoms with Gasteiger partial charge in [0.2, 0.25) is 0 Å². The highest BCUT2D eigenvalue weighted by molar-refractivity contribution is 6.10. The summed E-state index contributed by atoms with van der Waals surface area (Å²) in [5.74, 6) is 1.77. The molecule has 2 aliphatic rings. The van der Waals surface area contributed by atoms with Gasteiger partial charge in [0.25, 0.3) is 0 Å². The van der Waals surface area contributed by atoms with Crippen LogP contribution in [0.1, 0.15) is 117 Å². The van der Waals surface area contributed by atoms with Crippen molar-refractivity contribution in [2.75, 3.05) is 4.90 Å². The van der Waals surface area contributed by atoms with E-state index in [9.17, 15) is 5.26 Å². The molecule has 0 N–H and O–H groups in total. The quantitative estimate of drug-likeness (QED) is 0.172. The van der Waals surface area contributed by atoms with Crippen LogP contribution in [0.25, 0.3) is 61.7 Å². The van der Waals surface area contributed by atoms with Gasteiger partial charge in [0, 0.05) is 39.1 Å². The average Bonchev–Trinajstić information content (AvgIpc) is 3.81. The Balaban J connectivity index is 1.31. The summed E-state index contributed by atoms with van der Waals surface area (Å²) >= 11 is 0. The van der Waals surface area contributed by atoms with Crippen LogP contribution in [0.4, 0.5) is 11.4 Å². The lowest BCUT2D eigenvalue weighted by molar-refractivity contribution is 0.507. The molecule has 2 unspecified atom stereocenters. The molecule has 6 aromatic carbocycles. The number of hydrogen-bond acceptors (Lipinski definition) is 5. The number of hydrogen-bond donors (Lipinski definition) is 0. The molecule has 3 heterocycles. The van der Waals surface area contributed by atoms with E-state index >= 15 is 0 Å². The zero-order chi connectivity index (χ0) is 48.1. The van der Waals surface area contributed by atoms with E-state index in [0.29, 0.717) is 23.0 Å². The minimum absolute atomic E-state index is 0.0341. The second-order valence-corrected chi connectivity index (χ2v) is 23.0. The van der Waals surface area contributed by atoms with Crippen LogP contribution in [0.15, 0.2) is 151 Å². The number of fused-ring (bicyclic) bond motifs is 6. The van der Waals surface area contributed by atoms with E-state index in [1.165, 1.54) is 27.8 Å². The Morgan fingerprint density at radius 2 is 1.00 bits per heavy atom. The lowest BCUT2D eigenvalue weighted by Crippen LogP contribution is -2.30. The molecule has 0 radical (unpaired) electrons. The molecule has 8 aromatic rings. The summed E-state index contributed by atoms with van der Waals surface area (Å²) in [5.41, 5.74) is 14.2. The van der Waals surface area contributed by atoms with Gasteiger partial charge in [0.05, 0.1) is 34.0 Å². The number of rotatable bonds is 5. The van der Waals surface area contributed by atoms with Gasteiger partial charge < -0.3 is 9.47 Å². The Morgan fingerprint density at radius 1 is 0.500 bits per heavy atom. The normalized spacial score (nSPS) is 16.2. The zero-order valence-electron chi connectivity index (χ0n) is 41.7. The lowest BCUT2D eigenvalue weighted by Gasteiger charge is -2.33. The van der Waals surface area contributed by atoms with Gasteiger partial charge in [-0.25, -0.2) is 15.0 Å². The molecule has 6 heteroatoms. The van der Waals surface area contributed by atoms with Gasteiger partial charge in [-0.05, 0) is 92.0 Å². The summed E-state index contributed by atoms with van der Waals surface area (Å²) in [6, 6.07) is 47.9. The molecule has 1 aliphatic carbocycles. The van der Waals surface area contributed by atoms with Crippen LogP contribution in [-0.4, -0.2) is 25.6 Å². The second kappa shape index (κ2) is 16.0. The Kier molecular flexibility index (Phi) is 10.5. The van der Waals surface area contributed by atoms with Gasteiger partial charge in [-0.2, -0.15) is 5.26 Å². The van der Waals surface area contributed by atoms with Crippen molar-refractivity contribution in [2.24, 2.45) is 5.41 Å². The van der Waals surface area contributed by atoms with Crippen molar-refractivity contribution in [1.82, 2.24) is 19.5 Å². The molecule has 1 aliphatic heterocycles. The maximum atomic E-state index is 11.5. The molecule has 2 aromatic heterocycles. The maximum absolute atomic E-state index is 11.5. The highest BCUT2D eigenvalue weighted by Crippen LogP contribution is 2.53. The highest BCUT2D eigenvalue weighted by Gasteiger charge is 2.42. The molecule has 0 saturated heterocycles. The molecule has 0 fully saturated rings. The van der Waals surface area contributed by atoms with Gasteiger partial charge in [-0.3, -0.25) is 0 Å². The number of nitriles is 1. The highest BCUT2D eigenvalue weighted by atomic mass is 15.2. The minimum atomic E-state index is -0.0636. The van der Waals surface area contributed by atoms with Crippen molar-refractivity contribution in [3.05, 3.63) is 179 Å². The summed E-state index contributed by atoms with van der Waals surface area (Å²) in [7, 11) is 0. The fourth-order valence-corrected chi connectivity index (χ4v) is 10.0. The summed E-state index contributed by atoms with van der Waals surface area (Å²) < 4.78 is 2.29. The largest absolute Gasteiger partial charge is 0.333 e. The molecule has 0 saturated carbocycles. The average molecular weight is 891 g/mol. The van der Waals surface area contributed by atoms with E-state index in [1.54, 1.807) is 0 Å². The maximum Gasteiger partial charge on any atom is 0.166 e. The number of anilines is 2. The van der Waals surface area contributed by atoms with Gasteiger partial charge >= 0.3 is 0 Å². The van der Waals surface area contributed by atoms with E-state index in [0.717, 1.165) is 55.6 Å². The van der Waals surface area contributed by atoms with Gasteiger partial charge in [0.15, 0.2) is 17.5 Å². The van der Waals surface area contributed by atoms with Gasteiger partial charge in [-0.15, -0.1) is 0 Å². The summed E-state index contributed by atoms with van der Waals surface area (Å²) in [5, 5.41) is 13.8. The predicted molar refractivity (Wildman–Crippen MR) is 283 cm³/mol. The van der Waals surface area contributed by atoms with Crippen molar-refractivity contribution in [3.63, 3.8) is 0 Å². The molecule has 0 spiro atoms. The number of aromatic nitrogens is 4. The molecule has 2 atom stereocenters. The third-order valence-electron chi connectivity index (χ3n) is 14.0. The molecular formula is C62H62N6. The van der Waals surface area contributed by atoms with Gasteiger partial charge in [0.1, 0.15) is 6.07 Å². The summed E-state index contributed by atoms with van der Waals surface area (Å²) in [4.78, 5) is 18.4. The van der Waals surface area contributed by atoms with E-state index < -0.39 is 0 Å². The standard InChI is InChI=1S/C62H62N6/c1-59(2,3)41-23-27-50-45(32-41)46-33-42(60(4,5)6)24-28-51(46)67(50)54-36-49(58-65-56(38-19-15-13-16-20-38)64-57(66-58)39-21-17-14-18-22-39)55(31-40(54)37-63)68-52-29-25-43(61(7,8)9)34-47(52)48-35-44(62(10,11)12)26-30-53(48)68/h13-36,47,52H,1-12H3. The SMILES string of the molecule is CC(C)(C)C1=CC2c3cc(C(C)(C)C)ccc3N(c3cc(C#N)c(-n4c5ccc(C(C)(C)C)cc5c5cc(C(C)(C)C)ccc54)cc3-c3nc(-c4ccccc4)nc(-c4ccccc4)n3)C2C=C1. The fourth-order valence-electron chi connectivity index (χ4n) is 10.0.